The van der Waals surface area contributed by atoms with Crippen LogP contribution in [0.4, 0.5) is 26.3 Å². The lowest BCUT2D eigenvalue weighted by Gasteiger charge is -2.32. The number of likely N-dealkylation sites (tertiary alicyclic amines) is 1. The number of carbonyl (C=O) groups is 4. The summed E-state index contributed by atoms with van der Waals surface area (Å²) in [7, 11) is 0. The SMILES string of the molecule is CC1CCN(C(=O)CCCC2(C(=O)NCC(F)(F)F)c3ccccc3-c3ccccc32)CC1.CCOC(=O)CCCC1(C(=O)NCC(F)(F)F)c2ccccc2-c2ccccc21. The highest BCUT2D eigenvalue weighted by molar-refractivity contribution is 6.01. The molecule has 1 fully saturated rings. The van der Waals surface area contributed by atoms with Crippen LogP contribution in [0.2, 0.25) is 0 Å². The summed E-state index contributed by atoms with van der Waals surface area (Å²) in [5.74, 6) is -1.11. The number of carbonyl (C=O) groups excluding carboxylic acids is 4. The molecule has 0 saturated carbocycles. The van der Waals surface area contributed by atoms with E-state index < -0.39 is 54.1 Å². The number of ether oxygens (including phenoxy) is 1. The summed E-state index contributed by atoms with van der Waals surface area (Å²) in [5.41, 5.74) is 3.52. The van der Waals surface area contributed by atoms with Gasteiger partial charge in [-0.1, -0.05) is 104 Å². The van der Waals surface area contributed by atoms with Gasteiger partial charge in [0.15, 0.2) is 0 Å². The van der Waals surface area contributed by atoms with Crippen LogP contribution in [-0.4, -0.2) is 73.7 Å². The van der Waals surface area contributed by atoms with Crippen LogP contribution in [0, 0.1) is 5.92 Å². The average molecular weight is 864 g/mol. The fourth-order valence-corrected chi connectivity index (χ4v) is 9.22. The van der Waals surface area contributed by atoms with E-state index >= 15 is 0 Å². The smallest absolute Gasteiger partial charge is 0.405 e. The fraction of sp³-hybridized carbons (Fsp3) is 0.417. The summed E-state index contributed by atoms with van der Waals surface area (Å²) in [5, 5.41) is 4.20. The zero-order valence-electron chi connectivity index (χ0n) is 34.8. The van der Waals surface area contributed by atoms with Gasteiger partial charge in [-0.25, -0.2) is 0 Å². The molecule has 0 unspecified atom stereocenters. The Balaban J connectivity index is 0.000000209. The summed E-state index contributed by atoms with van der Waals surface area (Å²) in [4.78, 5) is 53.1. The Morgan fingerprint density at radius 1 is 0.613 bits per heavy atom. The van der Waals surface area contributed by atoms with Crippen molar-refractivity contribution in [3.8, 4) is 22.3 Å². The number of alkyl halides is 6. The van der Waals surface area contributed by atoms with Gasteiger partial charge in [-0.3, -0.25) is 19.2 Å². The monoisotopic (exact) mass is 863 g/mol. The molecule has 7 rings (SSSR count). The number of nitrogens with zero attached hydrogens (tertiary/aromatic N) is 1. The predicted octanol–water partition coefficient (Wildman–Crippen LogP) is 9.43. The molecule has 1 saturated heterocycles. The highest BCUT2D eigenvalue weighted by atomic mass is 19.4. The number of nitrogens with one attached hydrogen (secondary N) is 2. The molecule has 1 heterocycles. The molecule has 3 aliphatic rings. The van der Waals surface area contributed by atoms with E-state index in [1.807, 2.05) is 65.6 Å². The zero-order chi connectivity index (χ0) is 44.7. The third-order valence-electron chi connectivity index (χ3n) is 12.1. The number of piperidine rings is 1. The van der Waals surface area contributed by atoms with Crippen molar-refractivity contribution in [2.24, 2.45) is 5.92 Å². The van der Waals surface area contributed by atoms with E-state index in [2.05, 4.69) is 17.6 Å². The van der Waals surface area contributed by atoms with Crippen molar-refractivity contribution in [1.29, 1.82) is 0 Å². The van der Waals surface area contributed by atoms with E-state index in [9.17, 15) is 45.5 Å². The van der Waals surface area contributed by atoms with Gasteiger partial charge in [-0.2, -0.15) is 26.3 Å². The topological polar surface area (TPSA) is 105 Å². The molecule has 14 heteroatoms. The third-order valence-corrected chi connectivity index (χ3v) is 12.1. The first-order valence-corrected chi connectivity index (χ1v) is 21.0. The van der Waals surface area contributed by atoms with Crippen LogP contribution in [0.3, 0.4) is 0 Å². The molecule has 0 spiro atoms. The highest BCUT2D eigenvalue weighted by Crippen LogP contribution is 2.53. The van der Waals surface area contributed by atoms with E-state index in [1.54, 1.807) is 43.3 Å². The van der Waals surface area contributed by atoms with Crippen molar-refractivity contribution in [3.63, 3.8) is 0 Å². The van der Waals surface area contributed by atoms with Crippen molar-refractivity contribution in [1.82, 2.24) is 15.5 Å². The van der Waals surface area contributed by atoms with Gasteiger partial charge in [0.2, 0.25) is 17.7 Å². The standard InChI is InChI=1S/C26H29F3N2O2.C22H22F3NO3/c1-18-12-15-31(16-13-18)23(32)11-6-14-25(24(33)30-17-26(27,28)29)21-9-4-2-7-19(21)20-8-3-5-10-22(20)25;1-2-29-19(27)12-7-13-21(20(28)26-14-22(23,24)25)17-10-5-3-8-15(17)16-9-4-6-11-18(16)21/h2-5,7-10,18H,6,11-17H2,1H3,(H,30,33);3-6,8-11H,2,7,12-14H2,1H3,(H,26,28). The molecular weight excluding hydrogens is 813 g/mol. The Hall–Kier alpha value is -5.66. The van der Waals surface area contributed by atoms with E-state index in [0.29, 0.717) is 41.0 Å². The quantitative estimate of drug-likeness (QED) is 0.103. The molecule has 0 aromatic heterocycles. The average Bonchev–Trinajstić information content (AvgIpc) is 3.70. The number of hydrogen-bond acceptors (Lipinski definition) is 5. The molecule has 0 radical (unpaired) electrons. The van der Waals surface area contributed by atoms with Crippen molar-refractivity contribution in [3.05, 3.63) is 119 Å². The number of amides is 3. The van der Waals surface area contributed by atoms with Crippen molar-refractivity contribution < 1.29 is 50.3 Å². The molecule has 62 heavy (non-hydrogen) atoms. The summed E-state index contributed by atoms with van der Waals surface area (Å²) in [6.45, 7) is 2.82. The van der Waals surface area contributed by atoms with Crippen LogP contribution in [0.5, 0.6) is 0 Å². The van der Waals surface area contributed by atoms with Gasteiger partial charge < -0.3 is 20.3 Å². The largest absolute Gasteiger partial charge is 0.466 e. The zero-order valence-corrected chi connectivity index (χ0v) is 34.8. The molecule has 1 aliphatic heterocycles. The van der Waals surface area contributed by atoms with Crippen molar-refractivity contribution in [2.45, 2.75) is 88.4 Å². The summed E-state index contributed by atoms with van der Waals surface area (Å²) >= 11 is 0. The van der Waals surface area contributed by atoms with E-state index in [0.717, 1.165) is 48.2 Å². The second-order valence-corrected chi connectivity index (χ2v) is 16.2. The fourth-order valence-electron chi connectivity index (χ4n) is 9.22. The number of fused-ring (bicyclic) bond motifs is 6. The van der Waals surface area contributed by atoms with E-state index in [-0.39, 0.29) is 38.2 Å². The van der Waals surface area contributed by atoms with Gasteiger partial charge in [-0.05, 0) is 95.9 Å². The van der Waals surface area contributed by atoms with Crippen LogP contribution in [0.1, 0.15) is 87.5 Å². The second-order valence-electron chi connectivity index (χ2n) is 16.2. The maximum Gasteiger partial charge on any atom is 0.405 e. The summed E-state index contributed by atoms with van der Waals surface area (Å²) < 4.78 is 82.1. The van der Waals surface area contributed by atoms with Gasteiger partial charge in [0.05, 0.1) is 6.61 Å². The molecule has 8 nitrogen and oxygen atoms in total. The van der Waals surface area contributed by atoms with Crippen LogP contribution >= 0.6 is 0 Å². The minimum Gasteiger partial charge on any atom is -0.466 e. The number of halogens is 6. The molecule has 0 atom stereocenters. The normalized spacial score (nSPS) is 15.8. The van der Waals surface area contributed by atoms with Crippen LogP contribution < -0.4 is 10.6 Å². The first-order chi connectivity index (χ1) is 29.5. The number of benzene rings is 4. The Labute approximate surface area is 357 Å². The maximum absolute atomic E-state index is 13.4. The van der Waals surface area contributed by atoms with Crippen LogP contribution in [-0.2, 0) is 34.7 Å². The predicted molar refractivity (Wildman–Crippen MR) is 223 cm³/mol. The third kappa shape index (κ3) is 9.84. The minimum atomic E-state index is -4.51. The number of hydrogen-bond donors (Lipinski definition) is 2. The first kappa shape index (κ1) is 45.9. The van der Waals surface area contributed by atoms with Gasteiger partial charge in [0.25, 0.3) is 0 Å². The minimum absolute atomic E-state index is 0.0484. The molecular formula is C48H51F6N3O5. The molecule has 2 aliphatic carbocycles. The lowest BCUT2D eigenvalue weighted by atomic mass is 9.73. The Morgan fingerprint density at radius 2 is 0.968 bits per heavy atom. The lowest BCUT2D eigenvalue weighted by Crippen LogP contribution is -2.47. The molecule has 4 aromatic rings. The van der Waals surface area contributed by atoms with Gasteiger partial charge in [0.1, 0.15) is 23.9 Å². The van der Waals surface area contributed by atoms with Crippen LogP contribution in [0.25, 0.3) is 22.3 Å². The Kier molecular flexibility index (Phi) is 14.2. The molecule has 330 valence electrons. The molecule has 0 bridgehead atoms. The second kappa shape index (κ2) is 19.2. The van der Waals surface area contributed by atoms with Crippen molar-refractivity contribution in [2.75, 3.05) is 32.8 Å². The molecule has 2 N–H and O–H groups in total. The Morgan fingerprint density at radius 3 is 1.32 bits per heavy atom. The summed E-state index contributed by atoms with van der Waals surface area (Å²) in [6.07, 6.45) is -5.51. The first-order valence-electron chi connectivity index (χ1n) is 21.0. The van der Waals surface area contributed by atoms with Gasteiger partial charge >= 0.3 is 18.3 Å². The number of esters is 1. The molecule has 4 aromatic carbocycles. The number of rotatable bonds is 13. The van der Waals surface area contributed by atoms with Crippen molar-refractivity contribution >= 4 is 23.7 Å². The van der Waals surface area contributed by atoms with Gasteiger partial charge in [0, 0.05) is 25.9 Å². The Bertz CT molecular complexity index is 2160. The van der Waals surface area contributed by atoms with E-state index in [1.165, 1.54) is 0 Å². The summed E-state index contributed by atoms with van der Waals surface area (Å²) in [6, 6.07) is 29.2. The maximum atomic E-state index is 13.4. The van der Waals surface area contributed by atoms with E-state index in [4.69, 9.17) is 4.74 Å². The van der Waals surface area contributed by atoms with Gasteiger partial charge in [-0.15, -0.1) is 0 Å². The lowest BCUT2D eigenvalue weighted by molar-refractivity contribution is -0.144. The highest BCUT2D eigenvalue weighted by Gasteiger charge is 2.50. The van der Waals surface area contributed by atoms with Crippen LogP contribution in [0.15, 0.2) is 97.1 Å². The molecule has 3 amide bonds.